The number of ether oxygens (including phenoxy) is 1. The van der Waals surface area contributed by atoms with E-state index in [9.17, 15) is 4.39 Å². The SMILES string of the molecule is FC1=C(I)CCOC1. The summed E-state index contributed by atoms with van der Waals surface area (Å²) in [5.74, 6) is -0.100. The van der Waals surface area contributed by atoms with E-state index >= 15 is 0 Å². The summed E-state index contributed by atoms with van der Waals surface area (Å²) in [5, 5.41) is 0. The minimum Gasteiger partial charge on any atom is -0.374 e. The van der Waals surface area contributed by atoms with Gasteiger partial charge in [0.25, 0.3) is 0 Å². The largest absolute Gasteiger partial charge is 0.374 e. The maximum Gasteiger partial charge on any atom is 0.135 e. The van der Waals surface area contributed by atoms with E-state index < -0.39 is 0 Å². The Balaban J connectivity index is 2.60. The summed E-state index contributed by atoms with van der Waals surface area (Å²) in [6.07, 6.45) is 0.742. The van der Waals surface area contributed by atoms with Gasteiger partial charge >= 0.3 is 0 Å². The van der Waals surface area contributed by atoms with Crippen molar-refractivity contribution in [1.29, 1.82) is 0 Å². The van der Waals surface area contributed by atoms with Gasteiger partial charge in [-0.3, -0.25) is 0 Å². The maximum atomic E-state index is 12.3. The van der Waals surface area contributed by atoms with Gasteiger partial charge in [0.05, 0.1) is 13.2 Å². The fraction of sp³-hybridized carbons (Fsp3) is 0.600. The summed E-state index contributed by atoms with van der Waals surface area (Å²) >= 11 is 2.01. The molecule has 0 saturated heterocycles. The lowest BCUT2D eigenvalue weighted by atomic mass is 10.3. The average molecular weight is 228 g/mol. The second-order valence-electron chi connectivity index (χ2n) is 1.61. The molecule has 1 aliphatic heterocycles. The minimum absolute atomic E-state index is 0.100. The summed E-state index contributed by atoms with van der Waals surface area (Å²) in [4.78, 5) is 0. The zero-order valence-electron chi connectivity index (χ0n) is 4.29. The van der Waals surface area contributed by atoms with Crippen LogP contribution in [0.4, 0.5) is 4.39 Å². The lowest BCUT2D eigenvalue weighted by molar-refractivity contribution is 0.133. The van der Waals surface area contributed by atoms with Crippen LogP contribution in [0.15, 0.2) is 9.41 Å². The van der Waals surface area contributed by atoms with Gasteiger partial charge in [-0.2, -0.15) is 0 Å². The topological polar surface area (TPSA) is 9.23 Å². The van der Waals surface area contributed by atoms with E-state index in [4.69, 9.17) is 4.74 Å². The molecule has 0 saturated carbocycles. The third-order valence-electron chi connectivity index (χ3n) is 0.989. The van der Waals surface area contributed by atoms with Crippen LogP contribution in [0.2, 0.25) is 0 Å². The van der Waals surface area contributed by atoms with Gasteiger partial charge in [0, 0.05) is 10.0 Å². The first-order chi connectivity index (χ1) is 3.80. The number of hydrogen-bond acceptors (Lipinski definition) is 1. The molecule has 0 fully saturated rings. The third kappa shape index (κ3) is 1.42. The molecule has 1 nitrogen and oxygen atoms in total. The summed E-state index contributed by atoms with van der Waals surface area (Å²) in [6.45, 7) is 0.851. The van der Waals surface area contributed by atoms with E-state index in [0.717, 1.165) is 10.0 Å². The van der Waals surface area contributed by atoms with E-state index in [1.807, 2.05) is 22.6 Å². The van der Waals surface area contributed by atoms with Crippen LogP contribution in [-0.2, 0) is 4.74 Å². The van der Waals surface area contributed by atoms with Crippen molar-refractivity contribution in [2.24, 2.45) is 0 Å². The molecule has 1 rings (SSSR count). The summed E-state index contributed by atoms with van der Waals surface area (Å²) < 4.78 is 18.0. The third-order valence-corrected chi connectivity index (χ3v) is 2.11. The minimum atomic E-state index is -0.100. The average Bonchev–Trinajstić information content (AvgIpc) is 1.77. The molecule has 0 atom stereocenters. The fourth-order valence-corrected chi connectivity index (χ4v) is 0.913. The molecule has 0 bridgehead atoms. The van der Waals surface area contributed by atoms with Crippen LogP contribution in [0.3, 0.4) is 0 Å². The Morgan fingerprint density at radius 2 is 2.38 bits per heavy atom. The van der Waals surface area contributed by atoms with Gasteiger partial charge in [0.2, 0.25) is 0 Å². The van der Waals surface area contributed by atoms with Crippen molar-refractivity contribution in [3.8, 4) is 0 Å². The first kappa shape index (κ1) is 6.48. The Morgan fingerprint density at radius 1 is 1.62 bits per heavy atom. The predicted octanol–water partition coefficient (Wildman–Crippen LogP) is 2.02. The molecule has 0 radical (unpaired) electrons. The highest BCUT2D eigenvalue weighted by molar-refractivity contribution is 14.1. The lowest BCUT2D eigenvalue weighted by Crippen LogP contribution is -2.04. The number of hydrogen-bond donors (Lipinski definition) is 0. The lowest BCUT2D eigenvalue weighted by Gasteiger charge is -2.09. The highest BCUT2D eigenvalue weighted by Crippen LogP contribution is 2.21. The van der Waals surface area contributed by atoms with Gasteiger partial charge in [-0.1, -0.05) is 0 Å². The van der Waals surface area contributed by atoms with Crippen LogP contribution < -0.4 is 0 Å². The van der Waals surface area contributed by atoms with Crippen LogP contribution >= 0.6 is 22.6 Å². The van der Waals surface area contributed by atoms with Crippen molar-refractivity contribution in [3.63, 3.8) is 0 Å². The Hall–Kier alpha value is 0.360. The van der Waals surface area contributed by atoms with Crippen molar-refractivity contribution in [2.45, 2.75) is 6.42 Å². The van der Waals surface area contributed by atoms with Crippen molar-refractivity contribution in [2.75, 3.05) is 13.2 Å². The first-order valence-electron chi connectivity index (χ1n) is 2.41. The van der Waals surface area contributed by atoms with E-state index in [2.05, 4.69) is 0 Å². The molecule has 0 unspecified atom stereocenters. The molecule has 0 spiro atoms. The molecule has 0 aromatic heterocycles. The molecule has 8 heavy (non-hydrogen) atoms. The Morgan fingerprint density at radius 3 is 2.75 bits per heavy atom. The summed E-state index contributed by atoms with van der Waals surface area (Å²) in [5.41, 5.74) is 0. The highest BCUT2D eigenvalue weighted by Gasteiger charge is 2.08. The second-order valence-corrected chi connectivity index (χ2v) is 2.91. The maximum absolute atomic E-state index is 12.3. The monoisotopic (exact) mass is 228 g/mol. The van der Waals surface area contributed by atoms with Gasteiger partial charge < -0.3 is 4.74 Å². The highest BCUT2D eigenvalue weighted by atomic mass is 127. The van der Waals surface area contributed by atoms with Crippen molar-refractivity contribution in [1.82, 2.24) is 0 Å². The summed E-state index contributed by atoms with van der Waals surface area (Å²) in [6, 6.07) is 0. The van der Waals surface area contributed by atoms with Gasteiger partial charge in [-0.25, -0.2) is 4.39 Å². The number of halogens is 2. The molecule has 1 heterocycles. The zero-order valence-corrected chi connectivity index (χ0v) is 6.44. The Bertz CT molecular complexity index is 108. The van der Waals surface area contributed by atoms with Crippen LogP contribution in [0.5, 0.6) is 0 Å². The summed E-state index contributed by atoms with van der Waals surface area (Å²) in [7, 11) is 0. The molecule has 46 valence electrons. The molecule has 0 amide bonds. The Labute approximate surface area is 61.0 Å². The zero-order chi connectivity index (χ0) is 5.98. The molecule has 0 N–H and O–H groups in total. The van der Waals surface area contributed by atoms with E-state index in [1.54, 1.807) is 0 Å². The van der Waals surface area contributed by atoms with Crippen LogP contribution in [0.25, 0.3) is 0 Å². The molecule has 0 aromatic rings. The molecule has 0 aromatic carbocycles. The van der Waals surface area contributed by atoms with E-state index in [1.165, 1.54) is 0 Å². The first-order valence-corrected chi connectivity index (χ1v) is 3.49. The smallest absolute Gasteiger partial charge is 0.135 e. The molecule has 1 aliphatic rings. The van der Waals surface area contributed by atoms with Gasteiger partial charge in [-0.15, -0.1) is 0 Å². The fourth-order valence-electron chi connectivity index (χ4n) is 0.537. The van der Waals surface area contributed by atoms with E-state index in [0.29, 0.717) is 6.61 Å². The molecule has 0 aliphatic carbocycles. The normalized spacial score (nSPS) is 21.8. The quantitative estimate of drug-likeness (QED) is 0.576. The van der Waals surface area contributed by atoms with Gasteiger partial charge in [0.15, 0.2) is 0 Å². The molecular formula is C5H6FIO. The Kier molecular flexibility index (Phi) is 2.25. The van der Waals surface area contributed by atoms with Crippen molar-refractivity contribution < 1.29 is 9.13 Å². The predicted molar refractivity (Wildman–Crippen MR) is 37.6 cm³/mol. The van der Waals surface area contributed by atoms with Crippen molar-refractivity contribution >= 4 is 22.6 Å². The van der Waals surface area contributed by atoms with Gasteiger partial charge in [0.1, 0.15) is 5.83 Å². The van der Waals surface area contributed by atoms with Crippen LogP contribution in [0, 0.1) is 0 Å². The van der Waals surface area contributed by atoms with Crippen LogP contribution in [0.1, 0.15) is 6.42 Å². The van der Waals surface area contributed by atoms with Crippen molar-refractivity contribution in [3.05, 3.63) is 9.41 Å². The van der Waals surface area contributed by atoms with E-state index in [-0.39, 0.29) is 12.4 Å². The molecular weight excluding hydrogens is 222 g/mol. The second kappa shape index (κ2) is 2.77. The molecule has 3 heteroatoms. The van der Waals surface area contributed by atoms with Gasteiger partial charge in [-0.05, 0) is 22.6 Å². The standard InChI is InChI=1S/C5H6FIO/c6-4-3-8-2-1-5(4)7/h1-3H2. The number of rotatable bonds is 0. The van der Waals surface area contributed by atoms with Crippen LogP contribution in [-0.4, -0.2) is 13.2 Å².